The molecule has 2 heterocycles. The summed E-state index contributed by atoms with van der Waals surface area (Å²) in [6.07, 6.45) is 3.45. The highest BCUT2D eigenvalue weighted by Gasteiger charge is 2.28. The molecule has 2 unspecified atom stereocenters. The number of fused-ring (bicyclic) bond motifs is 1. The van der Waals surface area contributed by atoms with E-state index in [0.717, 1.165) is 29.6 Å². The van der Waals surface area contributed by atoms with Crippen molar-refractivity contribution in [1.29, 1.82) is 5.26 Å². The Bertz CT molecular complexity index is 689. The highest BCUT2D eigenvalue weighted by atomic mass is 15.2. The number of piperidine rings is 1. The van der Waals surface area contributed by atoms with Crippen LogP contribution in [0, 0.1) is 11.3 Å². The van der Waals surface area contributed by atoms with Crippen LogP contribution in [0.4, 0.5) is 5.82 Å². The quantitative estimate of drug-likeness (QED) is 0.918. The van der Waals surface area contributed by atoms with Gasteiger partial charge in [-0.05, 0) is 38.3 Å². The minimum absolute atomic E-state index is 0.314. The van der Waals surface area contributed by atoms with Gasteiger partial charge in [-0.15, -0.1) is 0 Å². The fourth-order valence-corrected chi connectivity index (χ4v) is 3.32. The van der Waals surface area contributed by atoms with Crippen molar-refractivity contribution in [3.05, 3.63) is 35.9 Å². The number of pyridine rings is 1. The number of aromatic nitrogens is 1. The molecule has 2 aromatic rings. The summed E-state index contributed by atoms with van der Waals surface area (Å²) in [7, 11) is 0. The summed E-state index contributed by atoms with van der Waals surface area (Å²) in [5, 5.41) is 10.3. The summed E-state index contributed by atoms with van der Waals surface area (Å²) in [6.45, 7) is 2.84. The Labute approximate surface area is 125 Å². The number of anilines is 1. The molecule has 4 heteroatoms. The van der Waals surface area contributed by atoms with Gasteiger partial charge in [-0.2, -0.15) is 5.26 Å². The zero-order valence-corrected chi connectivity index (χ0v) is 12.3. The lowest BCUT2D eigenvalue weighted by Crippen LogP contribution is -2.49. The molecule has 1 aromatic heterocycles. The van der Waals surface area contributed by atoms with E-state index in [0.29, 0.717) is 24.2 Å². The Balaban J connectivity index is 2.13. The molecule has 1 aromatic carbocycles. The first-order valence-electron chi connectivity index (χ1n) is 7.53. The van der Waals surface area contributed by atoms with Gasteiger partial charge in [-0.3, -0.25) is 0 Å². The van der Waals surface area contributed by atoms with Crippen LogP contribution in [0.2, 0.25) is 0 Å². The van der Waals surface area contributed by atoms with E-state index in [1.54, 1.807) is 0 Å². The van der Waals surface area contributed by atoms with Gasteiger partial charge >= 0.3 is 0 Å². The molecule has 108 valence electrons. The third kappa shape index (κ3) is 2.45. The highest BCUT2D eigenvalue weighted by Crippen LogP contribution is 2.30. The van der Waals surface area contributed by atoms with Gasteiger partial charge < -0.3 is 10.6 Å². The van der Waals surface area contributed by atoms with Crippen LogP contribution in [0.1, 0.15) is 31.7 Å². The Morgan fingerprint density at radius 1 is 1.38 bits per heavy atom. The number of hydrogen-bond acceptors (Lipinski definition) is 4. The molecule has 0 spiro atoms. The molecule has 1 saturated heterocycles. The average molecular weight is 280 g/mol. The first-order valence-corrected chi connectivity index (χ1v) is 7.53. The normalized spacial score (nSPS) is 22.2. The Hall–Kier alpha value is -2.12. The maximum atomic E-state index is 9.43. The number of benzene rings is 1. The number of nitriles is 1. The van der Waals surface area contributed by atoms with Crippen molar-refractivity contribution in [2.45, 2.75) is 38.3 Å². The van der Waals surface area contributed by atoms with Crippen LogP contribution in [0.3, 0.4) is 0 Å². The lowest BCUT2D eigenvalue weighted by molar-refractivity contribution is 0.398. The maximum absolute atomic E-state index is 9.43. The first kappa shape index (κ1) is 13.8. The maximum Gasteiger partial charge on any atom is 0.131 e. The van der Waals surface area contributed by atoms with E-state index in [9.17, 15) is 5.26 Å². The van der Waals surface area contributed by atoms with Gasteiger partial charge in [0, 0.05) is 24.0 Å². The van der Waals surface area contributed by atoms with E-state index in [1.807, 2.05) is 30.3 Å². The third-order valence-corrected chi connectivity index (χ3v) is 4.39. The average Bonchev–Trinajstić information content (AvgIpc) is 2.53. The second-order valence-electron chi connectivity index (χ2n) is 5.73. The summed E-state index contributed by atoms with van der Waals surface area (Å²) in [4.78, 5) is 7.08. The minimum atomic E-state index is 0.314. The van der Waals surface area contributed by atoms with E-state index >= 15 is 0 Å². The zero-order chi connectivity index (χ0) is 14.8. The summed E-state index contributed by atoms with van der Waals surface area (Å²) in [6, 6.07) is 12.7. The number of rotatable bonds is 2. The molecule has 0 radical (unpaired) electrons. The van der Waals surface area contributed by atoms with Gasteiger partial charge in [0.25, 0.3) is 0 Å². The van der Waals surface area contributed by atoms with Gasteiger partial charge in [0.1, 0.15) is 5.82 Å². The molecule has 2 N–H and O–H groups in total. The van der Waals surface area contributed by atoms with E-state index in [-0.39, 0.29) is 0 Å². The topological polar surface area (TPSA) is 65.9 Å². The molecule has 1 aliphatic rings. The lowest BCUT2D eigenvalue weighted by atomic mass is 9.96. The van der Waals surface area contributed by atoms with Crippen LogP contribution in [0.5, 0.6) is 0 Å². The van der Waals surface area contributed by atoms with E-state index < -0.39 is 0 Å². The summed E-state index contributed by atoms with van der Waals surface area (Å²) < 4.78 is 0. The van der Waals surface area contributed by atoms with Gasteiger partial charge in [0.05, 0.1) is 17.1 Å². The predicted octanol–water partition coefficient (Wildman–Crippen LogP) is 2.81. The van der Waals surface area contributed by atoms with E-state index in [2.05, 4.69) is 17.9 Å². The van der Waals surface area contributed by atoms with Gasteiger partial charge in [-0.25, -0.2) is 4.98 Å². The summed E-state index contributed by atoms with van der Waals surface area (Å²) >= 11 is 0. The molecular weight excluding hydrogens is 260 g/mol. The van der Waals surface area contributed by atoms with E-state index in [1.165, 1.54) is 6.42 Å². The largest absolute Gasteiger partial charge is 0.350 e. The molecule has 21 heavy (non-hydrogen) atoms. The monoisotopic (exact) mass is 280 g/mol. The van der Waals surface area contributed by atoms with Crippen molar-refractivity contribution < 1.29 is 0 Å². The molecule has 4 nitrogen and oxygen atoms in total. The molecule has 0 aliphatic carbocycles. The SMILES string of the molecule is CC1CCCC(CN)N1c1cc(C#N)c2ccccc2n1. The van der Waals surface area contributed by atoms with Crippen molar-refractivity contribution >= 4 is 16.7 Å². The third-order valence-electron chi connectivity index (χ3n) is 4.39. The number of nitrogens with two attached hydrogens (primary N) is 1. The van der Waals surface area contributed by atoms with Crippen molar-refractivity contribution in [3.63, 3.8) is 0 Å². The van der Waals surface area contributed by atoms with Gasteiger partial charge in [0.2, 0.25) is 0 Å². The number of hydrogen-bond donors (Lipinski definition) is 1. The van der Waals surface area contributed by atoms with Crippen LogP contribution < -0.4 is 10.6 Å². The molecule has 0 saturated carbocycles. The van der Waals surface area contributed by atoms with Crippen molar-refractivity contribution in [3.8, 4) is 6.07 Å². The molecule has 1 aliphatic heterocycles. The zero-order valence-electron chi connectivity index (χ0n) is 12.3. The summed E-state index contributed by atoms with van der Waals surface area (Å²) in [5.41, 5.74) is 7.50. The first-order chi connectivity index (χ1) is 10.2. The minimum Gasteiger partial charge on any atom is -0.350 e. The predicted molar refractivity (Wildman–Crippen MR) is 85.1 cm³/mol. The van der Waals surface area contributed by atoms with Crippen molar-refractivity contribution in [2.24, 2.45) is 5.73 Å². The number of nitrogens with zero attached hydrogens (tertiary/aromatic N) is 3. The van der Waals surface area contributed by atoms with Crippen LogP contribution >= 0.6 is 0 Å². The fraction of sp³-hybridized carbons (Fsp3) is 0.412. The van der Waals surface area contributed by atoms with Crippen LogP contribution in [-0.4, -0.2) is 23.6 Å². The van der Waals surface area contributed by atoms with Gasteiger partial charge in [0.15, 0.2) is 0 Å². The fourth-order valence-electron chi connectivity index (χ4n) is 3.32. The van der Waals surface area contributed by atoms with Crippen LogP contribution in [-0.2, 0) is 0 Å². The standard InChI is InChI=1S/C17H20N4/c1-12-5-4-6-14(11-19)21(12)17-9-13(10-18)15-7-2-3-8-16(15)20-17/h2-3,7-9,12,14H,4-6,11,19H2,1H3. The number of para-hydroxylation sites is 1. The second-order valence-corrected chi connectivity index (χ2v) is 5.73. The highest BCUT2D eigenvalue weighted by molar-refractivity contribution is 5.86. The molecule has 0 bridgehead atoms. The molecule has 1 fully saturated rings. The van der Waals surface area contributed by atoms with Gasteiger partial charge in [-0.1, -0.05) is 18.2 Å². The molecule has 3 rings (SSSR count). The Morgan fingerprint density at radius 3 is 2.95 bits per heavy atom. The Kier molecular flexibility index (Phi) is 3.76. The van der Waals surface area contributed by atoms with Crippen molar-refractivity contribution in [2.75, 3.05) is 11.4 Å². The molecule has 0 amide bonds. The smallest absolute Gasteiger partial charge is 0.131 e. The van der Waals surface area contributed by atoms with E-state index in [4.69, 9.17) is 10.7 Å². The van der Waals surface area contributed by atoms with Crippen LogP contribution in [0.25, 0.3) is 10.9 Å². The Morgan fingerprint density at radius 2 is 2.19 bits per heavy atom. The lowest BCUT2D eigenvalue weighted by Gasteiger charge is -2.41. The van der Waals surface area contributed by atoms with Crippen molar-refractivity contribution in [1.82, 2.24) is 4.98 Å². The van der Waals surface area contributed by atoms with Crippen LogP contribution in [0.15, 0.2) is 30.3 Å². The second kappa shape index (κ2) is 5.71. The molecular formula is C17H20N4. The summed E-state index contributed by atoms with van der Waals surface area (Å²) in [5.74, 6) is 0.882. The molecule has 2 atom stereocenters.